The molecule has 0 atom stereocenters. The van der Waals surface area contributed by atoms with Crippen molar-refractivity contribution in [2.45, 2.75) is 39.3 Å². The average Bonchev–Trinajstić information content (AvgIpc) is 2.26. The third kappa shape index (κ3) is 3.72. The molecule has 0 amide bonds. The minimum Gasteiger partial charge on any atom is -0.493 e. The molecule has 2 nitrogen and oxygen atoms in total. The van der Waals surface area contributed by atoms with Gasteiger partial charge in [0.25, 0.3) is 5.78 Å². The molecule has 106 valence electrons. The molecular formula is C14H17F3O2. The van der Waals surface area contributed by atoms with E-state index in [2.05, 4.69) is 0 Å². The summed E-state index contributed by atoms with van der Waals surface area (Å²) in [4.78, 5) is 11.3. The Hall–Kier alpha value is -1.52. The lowest BCUT2D eigenvalue weighted by Gasteiger charge is -2.21. The summed E-state index contributed by atoms with van der Waals surface area (Å²) in [5.74, 6) is -1.89. The average molecular weight is 274 g/mol. The maximum absolute atomic E-state index is 12.5. The second kappa shape index (κ2) is 5.23. The molecule has 1 aromatic carbocycles. The lowest BCUT2D eigenvalue weighted by atomic mass is 9.86. The first-order valence-corrected chi connectivity index (χ1v) is 5.96. The Morgan fingerprint density at radius 1 is 1.21 bits per heavy atom. The molecule has 0 N–H and O–H groups in total. The number of alkyl halides is 3. The van der Waals surface area contributed by atoms with Crippen LogP contribution in [0.2, 0.25) is 0 Å². The van der Waals surface area contributed by atoms with Gasteiger partial charge >= 0.3 is 6.18 Å². The smallest absolute Gasteiger partial charge is 0.455 e. The number of ketones is 1. The van der Waals surface area contributed by atoms with Crippen LogP contribution in [0.15, 0.2) is 18.2 Å². The van der Waals surface area contributed by atoms with Crippen LogP contribution < -0.4 is 4.74 Å². The van der Waals surface area contributed by atoms with E-state index in [1.165, 1.54) is 18.2 Å². The molecule has 1 aromatic rings. The first kappa shape index (κ1) is 15.5. The van der Waals surface area contributed by atoms with Crippen molar-refractivity contribution >= 4 is 5.78 Å². The highest BCUT2D eigenvalue weighted by Gasteiger charge is 2.41. The number of carbonyl (C=O) groups excluding carboxylic acids is 1. The maximum atomic E-state index is 12.5. The number of hydrogen-bond donors (Lipinski definition) is 0. The number of halogens is 3. The molecule has 0 radical (unpaired) electrons. The van der Waals surface area contributed by atoms with Crippen molar-refractivity contribution in [3.05, 3.63) is 29.3 Å². The SMILES string of the molecule is CCOc1cc(C(C)(C)C)ccc1C(=O)C(F)(F)F. The second-order valence-corrected chi connectivity index (χ2v) is 5.22. The Morgan fingerprint density at radius 3 is 2.21 bits per heavy atom. The molecule has 1 rings (SSSR count). The van der Waals surface area contributed by atoms with Crippen LogP contribution in [0.1, 0.15) is 43.6 Å². The van der Waals surface area contributed by atoms with E-state index in [1.54, 1.807) is 6.92 Å². The summed E-state index contributed by atoms with van der Waals surface area (Å²) < 4.78 is 42.6. The van der Waals surface area contributed by atoms with Crippen LogP contribution in [0.3, 0.4) is 0 Å². The Bertz CT molecular complexity index is 471. The maximum Gasteiger partial charge on any atom is 0.455 e. The second-order valence-electron chi connectivity index (χ2n) is 5.22. The van der Waals surface area contributed by atoms with E-state index in [-0.39, 0.29) is 17.8 Å². The van der Waals surface area contributed by atoms with Crippen LogP contribution in [0, 0.1) is 0 Å². The van der Waals surface area contributed by atoms with E-state index in [0.29, 0.717) is 0 Å². The van der Waals surface area contributed by atoms with Crippen molar-refractivity contribution in [1.82, 2.24) is 0 Å². The molecule has 0 bridgehead atoms. The van der Waals surface area contributed by atoms with Crippen molar-refractivity contribution in [3.63, 3.8) is 0 Å². The molecule has 0 heterocycles. The number of benzene rings is 1. The summed E-state index contributed by atoms with van der Waals surface area (Å²) >= 11 is 0. The van der Waals surface area contributed by atoms with Gasteiger partial charge in [0.15, 0.2) is 0 Å². The zero-order chi connectivity index (χ0) is 14.8. The van der Waals surface area contributed by atoms with Gasteiger partial charge in [-0.25, -0.2) is 0 Å². The molecule has 0 unspecified atom stereocenters. The number of hydrogen-bond acceptors (Lipinski definition) is 2. The van der Waals surface area contributed by atoms with Crippen LogP contribution in [-0.2, 0) is 5.41 Å². The Labute approximate surface area is 110 Å². The molecule has 0 saturated carbocycles. The number of Topliss-reactive ketones (excluding diaryl/α,β-unsaturated/α-hetero) is 1. The normalized spacial score (nSPS) is 12.4. The van der Waals surface area contributed by atoms with E-state index in [4.69, 9.17) is 4.74 Å². The summed E-state index contributed by atoms with van der Waals surface area (Å²) in [7, 11) is 0. The monoisotopic (exact) mass is 274 g/mol. The van der Waals surface area contributed by atoms with Crippen molar-refractivity contribution in [2.75, 3.05) is 6.61 Å². The van der Waals surface area contributed by atoms with Crippen molar-refractivity contribution in [1.29, 1.82) is 0 Å². The summed E-state index contributed by atoms with van der Waals surface area (Å²) in [6.07, 6.45) is -4.89. The first-order chi connectivity index (χ1) is 8.57. The van der Waals surface area contributed by atoms with Crippen molar-refractivity contribution in [2.24, 2.45) is 0 Å². The molecule has 0 spiro atoms. The van der Waals surface area contributed by atoms with E-state index in [1.807, 2.05) is 20.8 Å². The third-order valence-electron chi connectivity index (χ3n) is 2.65. The van der Waals surface area contributed by atoms with E-state index in [9.17, 15) is 18.0 Å². The van der Waals surface area contributed by atoms with Gasteiger partial charge in [0.1, 0.15) is 5.75 Å². The molecule has 0 aliphatic heterocycles. The summed E-state index contributed by atoms with van der Waals surface area (Å²) in [6, 6.07) is 4.21. The minimum atomic E-state index is -4.89. The van der Waals surface area contributed by atoms with Crippen LogP contribution in [0.25, 0.3) is 0 Å². The van der Waals surface area contributed by atoms with Gasteiger partial charge in [-0.3, -0.25) is 4.79 Å². The molecule has 0 aliphatic carbocycles. The first-order valence-electron chi connectivity index (χ1n) is 5.96. The highest BCUT2D eigenvalue weighted by atomic mass is 19.4. The Balaban J connectivity index is 3.30. The highest BCUT2D eigenvalue weighted by Crippen LogP contribution is 2.32. The van der Waals surface area contributed by atoms with Crippen molar-refractivity contribution in [3.8, 4) is 5.75 Å². The van der Waals surface area contributed by atoms with Gasteiger partial charge in [-0.1, -0.05) is 26.8 Å². The van der Waals surface area contributed by atoms with E-state index in [0.717, 1.165) is 5.56 Å². The predicted octanol–water partition coefficient (Wildman–Crippen LogP) is 4.13. The molecule has 5 heteroatoms. The van der Waals surface area contributed by atoms with Gasteiger partial charge in [0.05, 0.1) is 12.2 Å². The van der Waals surface area contributed by atoms with Crippen molar-refractivity contribution < 1.29 is 22.7 Å². The highest BCUT2D eigenvalue weighted by molar-refractivity contribution is 6.02. The topological polar surface area (TPSA) is 26.3 Å². The van der Waals surface area contributed by atoms with Gasteiger partial charge < -0.3 is 4.74 Å². The van der Waals surface area contributed by atoms with Crippen LogP contribution in [0.4, 0.5) is 13.2 Å². The minimum absolute atomic E-state index is 0.0164. The van der Waals surface area contributed by atoms with Gasteiger partial charge in [-0.05, 0) is 30.0 Å². The predicted molar refractivity (Wildman–Crippen MR) is 66.7 cm³/mol. The summed E-state index contributed by atoms with van der Waals surface area (Å²) in [5, 5.41) is 0. The number of carbonyl (C=O) groups is 1. The summed E-state index contributed by atoms with van der Waals surface area (Å²) in [5.41, 5.74) is 0.142. The van der Waals surface area contributed by atoms with Gasteiger partial charge in [-0.15, -0.1) is 0 Å². The molecule has 0 fully saturated rings. The van der Waals surface area contributed by atoms with Crippen LogP contribution >= 0.6 is 0 Å². The van der Waals surface area contributed by atoms with Gasteiger partial charge in [0, 0.05) is 0 Å². The molecule has 0 aliphatic rings. The fraction of sp³-hybridized carbons (Fsp3) is 0.500. The lowest BCUT2D eigenvalue weighted by molar-refractivity contribution is -0.0886. The Morgan fingerprint density at radius 2 is 1.79 bits per heavy atom. The Kier molecular flexibility index (Phi) is 4.28. The van der Waals surface area contributed by atoms with Crippen LogP contribution in [0.5, 0.6) is 5.75 Å². The van der Waals surface area contributed by atoms with Gasteiger partial charge in [0.2, 0.25) is 0 Å². The third-order valence-corrected chi connectivity index (χ3v) is 2.65. The van der Waals surface area contributed by atoms with Gasteiger partial charge in [-0.2, -0.15) is 13.2 Å². The fourth-order valence-corrected chi connectivity index (χ4v) is 1.60. The quantitative estimate of drug-likeness (QED) is 0.775. The fourth-order valence-electron chi connectivity index (χ4n) is 1.60. The molecule has 0 saturated heterocycles. The summed E-state index contributed by atoms with van der Waals surface area (Å²) in [6.45, 7) is 7.66. The van der Waals surface area contributed by atoms with Crippen LogP contribution in [-0.4, -0.2) is 18.6 Å². The molecule has 0 aromatic heterocycles. The van der Waals surface area contributed by atoms with E-state index >= 15 is 0 Å². The molecular weight excluding hydrogens is 257 g/mol. The van der Waals surface area contributed by atoms with E-state index < -0.39 is 17.5 Å². The molecule has 19 heavy (non-hydrogen) atoms. The largest absolute Gasteiger partial charge is 0.493 e. The number of rotatable bonds is 3. The standard InChI is InChI=1S/C14H17F3O2/c1-5-19-11-8-9(13(2,3)4)6-7-10(11)12(18)14(15,16)17/h6-8H,5H2,1-4H3. The lowest BCUT2D eigenvalue weighted by Crippen LogP contribution is -2.24. The zero-order valence-electron chi connectivity index (χ0n) is 11.4. The zero-order valence-corrected chi connectivity index (χ0v) is 11.4. The number of ether oxygens (including phenoxy) is 1.